The van der Waals surface area contributed by atoms with Crippen LogP contribution in [0.1, 0.15) is 329 Å². The molecule has 0 saturated heterocycles. The van der Waals surface area contributed by atoms with Gasteiger partial charge in [0.25, 0.3) is 0 Å². The van der Waals surface area contributed by atoms with Gasteiger partial charge in [-0.2, -0.15) is 0 Å². The predicted octanol–water partition coefficient (Wildman–Crippen LogP) is 27.1. The van der Waals surface area contributed by atoms with Crippen molar-refractivity contribution in [2.24, 2.45) is 65.1 Å². The van der Waals surface area contributed by atoms with E-state index in [2.05, 4.69) is 282 Å². The third kappa shape index (κ3) is 52.1. The zero-order valence-electron chi connectivity index (χ0n) is 72.0. The van der Waals surface area contributed by atoms with Crippen LogP contribution in [0.3, 0.4) is 0 Å². The minimum absolute atomic E-state index is 0.713. The Morgan fingerprint density at radius 2 is 0.683 bits per heavy atom. The lowest BCUT2D eigenvalue weighted by atomic mass is 9.95. The van der Waals surface area contributed by atoms with Gasteiger partial charge in [-0.25, -0.2) is 0 Å². The molecule has 0 aliphatic carbocycles. The summed E-state index contributed by atoms with van der Waals surface area (Å²) in [6.45, 7) is 56.5. The van der Waals surface area contributed by atoms with Crippen LogP contribution in [0.5, 0.6) is 0 Å². The first-order chi connectivity index (χ1) is 49.5. The number of pyridine rings is 7. The van der Waals surface area contributed by atoms with Gasteiger partial charge in [-0.3, -0.25) is 34.9 Å². The maximum atomic E-state index is 4.72. The standard InChI is InChI=1S/4C15H25N.2C13H21N.C11H17N/c1-12(2)5-7-14-8-10-15(16-11-14)9-6-13(3)4;1-12(2)5-7-14-9-15(11-16-10-14)8-6-13(3)4;1-12(2)7-9-14-6-5-11-16-15(14)10-8-13(3)4;1-12(2)8-10-14-6-5-7-15(16-14)11-9-13(3)4;1-10(2)7-12-5-6-14-9-13(12)8-11(3)4;1-4-5-12-8-9-14-10-13(12)7-6-11(2)3;1-3-5-10-7-8-12-11(9-10)6-4-2/h8,10-13H,5-7,9H2,1-4H3;9-13H,5-8H2,1-4H3;5-6,11-13H,7-10H2,1-4H3;5-7,12-13H,8-11H2,1-4H3;5-6,9-11H,7-8H2,1-4H3;8-11H,4-7H2,1-3H3;7-9H,3-6H2,1-2H3. The lowest BCUT2D eigenvalue weighted by Crippen LogP contribution is -2.03. The van der Waals surface area contributed by atoms with E-state index in [9.17, 15) is 0 Å². The molecule has 7 heteroatoms. The van der Waals surface area contributed by atoms with E-state index in [-0.39, 0.29) is 0 Å². The van der Waals surface area contributed by atoms with Crippen LogP contribution in [-0.2, 0) is 89.9 Å². The van der Waals surface area contributed by atoms with E-state index in [0.29, 0.717) is 5.92 Å². The molecular formula is C97H159N7. The molecule has 7 aromatic rings. The zero-order valence-corrected chi connectivity index (χ0v) is 72.0. The highest BCUT2D eigenvalue weighted by Gasteiger charge is 2.10. The molecular weight excluding hydrogens is 1260 g/mol. The molecule has 0 atom stereocenters. The quantitative estimate of drug-likeness (QED) is 0.0383. The van der Waals surface area contributed by atoms with Crippen molar-refractivity contribution in [2.75, 3.05) is 0 Å². The number of aryl methyl sites for hydroxylation is 12. The highest BCUT2D eigenvalue weighted by molar-refractivity contribution is 5.26. The summed E-state index contributed by atoms with van der Waals surface area (Å²) in [5, 5.41) is 0. The summed E-state index contributed by atoms with van der Waals surface area (Å²) >= 11 is 0. The summed E-state index contributed by atoms with van der Waals surface area (Å²) in [7, 11) is 0. The predicted molar refractivity (Wildman–Crippen MR) is 457 cm³/mol. The van der Waals surface area contributed by atoms with Crippen molar-refractivity contribution in [3.8, 4) is 0 Å². The van der Waals surface area contributed by atoms with Gasteiger partial charge in [-0.1, -0.05) is 217 Å². The first kappa shape index (κ1) is 96.1. The van der Waals surface area contributed by atoms with E-state index in [1.54, 1.807) is 0 Å². The van der Waals surface area contributed by atoms with Crippen LogP contribution in [0, 0.1) is 65.1 Å². The van der Waals surface area contributed by atoms with Crippen LogP contribution >= 0.6 is 0 Å². The Morgan fingerprint density at radius 1 is 0.240 bits per heavy atom. The van der Waals surface area contributed by atoms with Gasteiger partial charge in [0.2, 0.25) is 0 Å². The normalized spacial score (nSPS) is 11.2. The molecule has 0 aromatic carbocycles. The topological polar surface area (TPSA) is 90.2 Å². The molecule has 0 spiro atoms. The average Bonchev–Trinajstić information content (AvgIpc) is 0.906. The minimum atomic E-state index is 0.713. The second-order valence-electron chi connectivity index (χ2n) is 34.4. The smallest absolute Gasteiger partial charge is 0.0435 e. The van der Waals surface area contributed by atoms with Crippen LogP contribution in [0.15, 0.2) is 129 Å². The molecule has 0 radical (unpaired) electrons. The van der Waals surface area contributed by atoms with Crippen molar-refractivity contribution < 1.29 is 0 Å². The molecule has 0 aliphatic heterocycles. The Morgan fingerprint density at radius 3 is 1.16 bits per heavy atom. The van der Waals surface area contributed by atoms with Crippen LogP contribution in [0.2, 0.25) is 0 Å². The van der Waals surface area contributed by atoms with Gasteiger partial charge >= 0.3 is 0 Å². The summed E-state index contributed by atoms with van der Waals surface area (Å²) in [4.78, 5) is 30.8. The van der Waals surface area contributed by atoms with Crippen LogP contribution < -0.4 is 0 Å². The van der Waals surface area contributed by atoms with E-state index in [1.807, 2.05) is 49.6 Å². The number of hydrogen-bond donors (Lipinski definition) is 0. The second kappa shape index (κ2) is 59.1. The van der Waals surface area contributed by atoms with Crippen LogP contribution in [-0.4, -0.2) is 34.9 Å². The first-order valence-electron chi connectivity index (χ1n) is 42.0. The Balaban J connectivity index is 0.000000608. The second-order valence-corrected chi connectivity index (χ2v) is 34.4. The molecule has 104 heavy (non-hydrogen) atoms. The Labute approximate surface area is 643 Å². The van der Waals surface area contributed by atoms with E-state index in [1.165, 1.54) is 201 Å². The summed E-state index contributed by atoms with van der Waals surface area (Å²) in [5.41, 5.74) is 19.2. The van der Waals surface area contributed by atoms with Gasteiger partial charge in [0.1, 0.15) is 0 Å². The Kier molecular flexibility index (Phi) is 54.6. The Bertz CT molecular complexity index is 2920. The fraction of sp³-hybridized carbons (Fsp3) is 0.639. The highest BCUT2D eigenvalue weighted by atomic mass is 14.7. The maximum absolute atomic E-state index is 4.72. The first-order valence-corrected chi connectivity index (χ1v) is 42.0. The van der Waals surface area contributed by atoms with E-state index >= 15 is 0 Å². The lowest BCUT2D eigenvalue weighted by Gasteiger charge is -2.12. The van der Waals surface area contributed by atoms with Gasteiger partial charge < -0.3 is 0 Å². The fourth-order valence-corrected chi connectivity index (χ4v) is 11.6. The van der Waals surface area contributed by atoms with E-state index in [0.717, 1.165) is 104 Å². The summed E-state index contributed by atoms with van der Waals surface area (Å²) in [5.74, 6) is 8.39. The monoisotopic (exact) mass is 1420 g/mol. The van der Waals surface area contributed by atoms with Gasteiger partial charge in [-0.15, -0.1) is 0 Å². The van der Waals surface area contributed by atoms with Crippen molar-refractivity contribution in [3.05, 3.63) is 207 Å². The molecule has 7 aromatic heterocycles. The molecule has 582 valence electrons. The number of hydrogen-bond acceptors (Lipinski definition) is 7. The van der Waals surface area contributed by atoms with Crippen molar-refractivity contribution in [1.82, 2.24) is 34.9 Å². The van der Waals surface area contributed by atoms with Crippen molar-refractivity contribution in [2.45, 2.75) is 340 Å². The number of rotatable bonds is 37. The molecule has 7 rings (SSSR count). The molecule has 0 unspecified atom stereocenters. The van der Waals surface area contributed by atoms with E-state index in [4.69, 9.17) is 4.98 Å². The maximum Gasteiger partial charge on any atom is 0.0435 e. The molecule has 0 aliphatic rings. The molecule has 7 nitrogen and oxygen atoms in total. The van der Waals surface area contributed by atoms with Gasteiger partial charge in [0.15, 0.2) is 0 Å². The average molecular weight is 1420 g/mol. The third-order valence-electron chi connectivity index (χ3n) is 18.2. The molecule has 7 heterocycles. The number of nitrogens with zero attached hydrogens (tertiary/aromatic N) is 7. The SMILES string of the molecule is CC(C)CCc1ccc(CCC(C)C)nc1.CC(C)CCc1cccc(CCC(C)C)n1.CC(C)CCc1cccnc1CCC(C)C.CC(C)CCc1cncc(CCC(C)C)c1.CC(C)Cc1ccncc1CC(C)C.CCCc1ccnc(CCC)c1.CCCc1ccncc1CCC(C)C. The summed E-state index contributed by atoms with van der Waals surface area (Å²) < 4.78 is 0. The van der Waals surface area contributed by atoms with Crippen molar-refractivity contribution >= 4 is 0 Å². The van der Waals surface area contributed by atoms with Crippen molar-refractivity contribution in [1.29, 1.82) is 0 Å². The lowest BCUT2D eigenvalue weighted by molar-refractivity contribution is 0.566. The molecule has 0 fully saturated rings. The molecule has 0 bridgehead atoms. The Hall–Kier alpha value is -5.95. The van der Waals surface area contributed by atoms with Gasteiger partial charge in [0.05, 0.1) is 0 Å². The third-order valence-corrected chi connectivity index (χ3v) is 18.2. The van der Waals surface area contributed by atoms with Crippen LogP contribution in [0.25, 0.3) is 0 Å². The zero-order chi connectivity index (χ0) is 77.6. The largest absolute Gasteiger partial charge is 0.264 e. The fourth-order valence-electron chi connectivity index (χ4n) is 11.6. The summed E-state index contributed by atoms with van der Waals surface area (Å²) in [6, 6.07) is 26.2. The van der Waals surface area contributed by atoms with Crippen LogP contribution in [0.4, 0.5) is 0 Å². The molecule has 0 saturated carbocycles. The number of aromatic nitrogens is 7. The highest BCUT2D eigenvalue weighted by Crippen LogP contribution is 2.21. The minimum Gasteiger partial charge on any atom is -0.264 e. The van der Waals surface area contributed by atoms with E-state index < -0.39 is 0 Å². The van der Waals surface area contributed by atoms with Gasteiger partial charge in [-0.05, 0) is 311 Å². The summed E-state index contributed by atoms with van der Waals surface area (Å²) in [6.07, 6.45) is 48.8. The molecule has 0 amide bonds. The van der Waals surface area contributed by atoms with Gasteiger partial charge in [0, 0.05) is 84.2 Å². The van der Waals surface area contributed by atoms with Crippen molar-refractivity contribution in [3.63, 3.8) is 0 Å². The molecule has 0 N–H and O–H groups in total.